The fraction of sp³-hybridized carbons (Fsp3) is 0.429. The minimum Gasteiger partial charge on any atom is -0.493 e. The number of hydrogen-bond acceptors (Lipinski definition) is 5. The summed E-state index contributed by atoms with van der Waals surface area (Å²) in [6, 6.07) is 22.9. The lowest BCUT2D eigenvalue weighted by molar-refractivity contribution is -0.140. The van der Waals surface area contributed by atoms with Crippen LogP contribution in [-0.2, 0) is 27.2 Å². The normalized spacial score (nSPS) is 11.7. The van der Waals surface area contributed by atoms with Crippen LogP contribution < -0.4 is 10.5 Å². The Morgan fingerprint density at radius 1 is 0.829 bits per heavy atom. The maximum atomic E-state index is 12.1. The molecule has 1 amide bonds. The molecule has 3 aromatic rings. The highest BCUT2D eigenvalue weighted by Crippen LogP contribution is 2.33. The number of rotatable bonds is 18. The fourth-order valence-corrected chi connectivity index (χ4v) is 5.09. The fourth-order valence-electron chi connectivity index (χ4n) is 5.09. The standard InChI is InChI=1S/C35H45NO5/c1-3-4-16-30-24-27(22-26-15-14-19-29(23-26)28-17-10-9-11-18-28)25-31(33(30)34(38)35(36)39)41-21-13-8-6-5-7-12-20-32(37)40-2/h9-11,14-15,17-19,23-25,34,38H,3-8,12-13,16,20-22H2,1-2H3,(H2,36,39). The number of carbonyl (C=O) groups is 2. The van der Waals surface area contributed by atoms with E-state index in [2.05, 4.69) is 54.1 Å². The van der Waals surface area contributed by atoms with Crippen LogP contribution in [0.4, 0.5) is 0 Å². The van der Waals surface area contributed by atoms with Gasteiger partial charge in [-0.1, -0.05) is 99.7 Å². The zero-order chi connectivity index (χ0) is 29.5. The van der Waals surface area contributed by atoms with Crippen molar-refractivity contribution >= 4 is 11.9 Å². The Morgan fingerprint density at radius 3 is 2.24 bits per heavy atom. The van der Waals surface area contributed by atoms with E-state index in [-0.39, 0.29) is 5.97 Å². The second-order valence-electron chi connectivity index (χ2n) is 10.6. The molecule has 3 aromatic carbocycles. The van der Waals surface area contributed by atoms with Gasteiger partial charge in [0.1, 0.15) is 5.75 Å². The number of esters is 1. The zero-order valence-corrected chi connectivity index (χ0v) is 24.6. The average molecular weight is 560 g/mol. The Kier molecular flexibility index (Phi) is 13.4. The Hall–Kier alpha value is -3.64. The Bertz CT molecular complexity index is 1240. The number of benzene rings is 3. The van der Waals surface area contributed by atoms with Crippen molar-refractivity contribution in [3.05, 3.63) is 89.0 Å². The SMILES string of the molecule is CCCCc1cc(Cc2cccc(-c3ccccc3)c2)cc(OCCCCCCCCC(=O)OC)c1C(O)C(N)=O. The van der Waals surface area contributed by atoms with Crippen molar-refractivity contribution < 1.29 is 24.2 Å². The second kappa shape index (κ2) is 17.2. The predicted molar refractivity (Wildman–Crippen MR) is 164 cm³/mol. The minimum atomic E-state index is -1.41. The number of unbranched alkanes of at least 4 members (excludes halogenated alkanes) is 6. The molecule has 6 nitrogen and oxygen atoms in total. The van der Waals surface area contributed by atoms with E-state index in [0.29, 0.717) is 30.8 Å². The van der Waals surface area contributed by atoms with Gasteiger partial charge in [0, 0.05) is 12.0 Å². The Labute approximate surface area is 244 Å². The van der Waals surface area contributed by atoms with Gasteiger partial charge >= 0.3 is 5.97 Å². The van der Waals surface area contributed by atoms with Crippen LogP contribution in [0.3, 0.4) is 0 Å². The maximum Gasteiger partial charge on any atom is 0.305 e. The van der Waals surface area contributed by atoms with E-state index in [9.17, 15) is 14.7 Å². The quantitative estimate of drug-likeness (QED) is 0.128. The largest absolute Gasteiger partial charge is 0.493 e. The van der Waals surface area contributed by atoms with Crippen LogP contribution in [0.15, 0.2) is 66.7 Å². The number of amides is 1. The highest BCUT2D eigenvalue weighted by molar-refractivity contribution is 5.81. The Balaban J connectivity index is 1.74. The lowest BCUT2D eigenvalue weighted by atomic mass is 9.91. The summed E-state index contributed by atoms with van der Waals surface area (Å²) < 4.78 is 10.9. The number of aliphatic hydroxyl groups is 1. The van der Waals surface area contributed by atoms with Crippen LogP contribution in [0.5, 0.6) is 5.75 Å². The molecule has 1 unspecified atom stereocenters. The third kappa shape index (κ3) is 10.4. The van der Waals surface area contributed by atoms with Gasteiger partial charge in [-0.15, -0.1) is 0 Å². The molecule has 3 N–H and O–H groups in total. The van der Waals surface area contributed by atoms with Gasteiger partial charge in [-0.3, -0.25) is 9.59 Å². The van der Waals surface area contributed by atoms with Gasteiger partial charge in [-0.05, 0) is 66.0 Å². The van der Waals surface area contributed by atoms with E-state index in [4.69, 9.17) is 10.5 Å². The third-order valence-corrected chi connectivity index (χ3v) is 7.33. The number of hydrogen-bond donors (Lipinski definition) is 2. The molecule has 0 aliphatic carbocycles. The first-order valence-corrected chi connectivity index (χ1v) is 14.9. The molecule has 41 heavy (non-hydrogen) atoms. The number of aryl methyl sites for hydroxylation is 1. The summed E-state index contributed by atoms with van der Waals surface area (Å²) in [7, 11) is 1.42. The predicted octanol–water partition coefficient (Wildman–Crippen LogP) is 7.09. The second-order valence-corrected chi connectivity index (χ2v) is 10.6. The van der Waals surface area contributed by atoms with Crippen LogP contribution in [0.1, 0.15) is 93.1 Å². The molecule has 1 atom stereocenters. The minimum absolute atomic E-state index is 0.156. The monoisotopic (exact) mass is 559 g/mol. The number of aliphatic hydroxyl groups excluding tert-OH is 1. The van der Waals surface area contributed by atoms with E-state index < -0.39 is 12.0 Å². The highest BCUT2D eigenvalue weighted by Gasteiger charge is 2.24. The smallest absolute Gasteiger partial charge is 0.305 e. The number of nitrogens with two attached hydrogens (primary N) is 1. The summed E-state index contributed by atoms with van der Waals surface area (Å²) in [6.07, 6.45) is 8.23. The summed E-state index contributed by atoms with van der Waals surface area (Å²) >= 11 is 0. The highest BCUT2D eigenvalue weighted by atomic mass is 16.5. The first-order chi connectivity index (χ1) is 19.9. The molecule has 0 saturated carbocycles. The van der Waals surface area contributed by atoms with E-state index >= 15 is 0 Å². The number of ether oxygens (including phenoxy) is 2. The Morgan fingerprint density at radius 2 is 1.54 bits per heavy atom. The molecule has 0 heterocycles. The van der Waals surface area contributed by atoms with Gasteiger partial charge in [0.2, 0.25) is 0 Å². The van der Waals surface area contributed by atoms with Crippen molar-refractivity contribution in [2.45, 2.75) is 83.7 Å². The third-order valence-electron chi connectivity index (χ3n) is 7.33. The molecular formula is C35H45NO5. The molecule has 0 aliphatic heterocycles. The van der Waals surface area contributed by atoms with Crippen LogP contribution in [0.25, 0.3) is 11.1 Å². The van der Waals surface area contributed by atoms with Crippen molar-refractivity contribution in [1.82, 2.24) is 0 Å². The molecule has 0 aromatic heterocycles. The molecular weight excluding hydrogens is 514 g/mol. The van der Waals surface area contributed by atoms with Crippen LogP contribution in [0, 0.1) is 0 Å². The number of carbonyl (C=O) groups excluding carboxylic acids is 2. The molecule has 6 heteroatoms. The van der Waals surface area contributed by atoms with Crippen LogP contribution in [-0.4, -0.2) is 30.7 Å². The van der Waals surface area contributed by atoms with Crippen LogP contribution >= 0.6 is 0 Å². The molecule has 0 fully saturated rings. The molecule has 0 bridgehead atoms. The summed E-state index contributed by atoms with van der Waals surface area (Å²) in [5, 5.41) is 10.8. The molecule has 0 spiro atoms. The van der Waals surface area contributed by atoms with Gasteiger partial charge in [-0.25, -0.2) is 0 Å². The van der Waals surface area contributed by atoms with Gasteiger partial charge in [0.05, 0.1) is 13.7 Å². The number of methoxy groups -OCH3 is 1. The number of primary amides is 1. The summed E-state index contributed by atoms with van der Waals surface area (Å²) in [6.45, 7) is 2.61. The van der Waals surface area contributed by atoms with E-state index in [1.807, 2.05) is 24.3 Å². The van der Waals surface area contributed by atoms with Crippen molar-refractivity contribution in [1.29, 1.82) is 0 Å². The first kappa shape index (κ1) is 31.9. The van der Waals surface area contributed by atoms with Gasteiger partial charge < -0.3 is 20.3 Å². The molecule has 0 saturated heterocycles. The van der Waals surface area contributed by atoms with E-state index in [1.165, 1.54) is 18.2 Å². The van der Waals surface area contributed by atoms with Gasteiger partial charge in [0.25, 0.3) is 5.91 Å². The topological polar surface area (TPSA) is 98.8 Å². The molecule has 220 valence electrons. The van der Waals surface area contributed by atoms with Crippen LogP contribution in [0.2, 0.25) is 0 Å². The van der Waals surface area contributed by atoms with Gasteiger partial charge in [0.15, 0.2) is 6.10 Å². The van der Waals surface area contributed by atoms with Gasteiger partial charge in [-0.2, -0.15) is 0 Å². The summed E-state index contributed by atoms with van der Waals surface area (Å²) in [5.74, 6) is -0.392. The van der Waals surface area contributed by atoms with Crippen molar-refractivity contribution in [3.8, 4) is 16.9 Å². The first-order valence-electron chi connectivity index (χ1n) is 14.9. The average Bonchev–Trinajstić information content (AvgIpc) is 2.99. The lowest BCUT2D eigenvalue weighted by Gasteiger charge is -2.20. The summed E-state index contributed by atoms with van der Waals surface area (Å²) in [4.78, 5) is 23.3. The maximum absolute atomic E-state index is 12.1. The van der Waals surface area contributed by atoms with E-state index in [1.54, 1.807) is 0 Å². The molecule has 0 aliphatic rings. The molecule has 3 rings (SSSR count). The lowest BCUT2D eigenvalue weighted by Crippen LogP contribution is -2.23. The van der Waals surface area contributed by atoms with Crippen molar-refractivity contribution in [2.75, 3.05) is 13.7 Å². The van der Waals surface area contributed by atoms with E-state index in [0.717, 1.165) is 74.5 Å². The zero-order valence-electron chi connectivity index (χ0n) is 24.6. The van der Waals surface area contributed by atoms with Crippen molar-refractivity contribution in [2.24, 2.45) is 5.73 Å². The van der Waals surface area contributed by atoms with Crippen molar-refractivity contribution in [3.63, 3.8) is 0 Å². The molecule has 0 radical (unpaired) electrons. The summed E-state index contributed by atoms with van der Waals surface area (Å²) in [5.41, 5.74) is 11.5.